The molecular weight excluding hydrogens is 739 g/mol. The van der Waals surface area contributed by atoms with E-state index in [1.165, 1.54) is 89.4 Å². The van der Waals surface area contributed by atoms with Crippen molar-refractivity contribution in [1.29, 1.82) is 5.41 Å². The molecule has 4 rings (SSSR count). The number of amides is 1. The van der Waals surface area contributed by atoms with Crippen molar-refractivity contribution in [2.24, 2.45) is 0 Å². The van der Waals surface area contributed by atoms with Gasteiger partial charge in [0, 0.05) is 45.0 Å². The molecule has 0 bridgehead atoms. The smallest absolute Gasteiger partial charge is 0.426 e. The summed E-state index contributed by atoms with van der Waals surface area (Å²) in [5.41, 5.74) is -3.09. The van der Waals surface area contributed by atoms with Crippen molar-refractivity contribution in [2.45, 2.75) is 59.4 Å². The van der Waals surface area contributed by atoms with E-state index in [1.54, 1.807) is 28.9 Å². The number of ether oxygens (including phenoxy) is 2. The fourth-order valence-electron chi connectivity index (χ4n) is 5.60. The van der Waals surface area contributed by atoms with Crippen LogP contribution in [-0.2, 0) is 28.1 Å². The molecule has 17 heteroatoms. The van der Waals surface area contributed by atoms with Crippen LogP contribution in [0.3, 0.4) is 0 Å². The average Bonchev–Trinajstić information content (AvgIpc) is 3.08. The first-order valence-electron chi connectivity index (χ1n) is 16.9. The van der Waals surface area contributed by atoms with Crippen LogP contribution in [0.5, 0.6) is 5.75 Å². The molecule has 2 N–H and O–H groups in total. The normalized spacial score (nSPS) is 11.9. The van der Waals surface area contributed by atoms with Crippen LogP contribution < -0.4 is 16.0 Å². The van der Waals surface area contributed by atoms with Gasteiger partial charge >= 0.3 is 22.1 Å². The summed E-state index contributed by atoms with van der Waals surface area (Å²) in [6, 6.07) is 14.2. The number of benzene rings is 3. The molecule has 0 aliphatic heterocycles. The van der Waals surface area contributed by atoms with Gasteiger partial charge in [0.05, 0.1) is 31.8 Å². The van der Waals surface area contributed by atoms with Crippen molar-refractivity contribution in [1.82, 2.24) is 23.2 Å². The number of carbonyl (C=O) groups is 1. The molecule has 0 unspecified atom stereocenters. The Morgan fingerprint density at radius 2 is 1.49 bits per heavy atom. The highest BCUT2D eigenvalue weighted by molar-refractivity contribution is 7.84. The SMILES string of the molecule is CN(C)C(=N)N(C)C.COc1cccc(-c2c(C)n(Cc3c(C)cccc3F)c(=O)n(C[C@@H](c3ccccc3)N(C(=O)OC(C)(C)C)S(=O)(=O)O)c2=O)c1F. The zero-order chi connectivity index (χ0) is 41.6. The van der Waals surface area contributed by atoms with Crippen LogP contribution in [0.15, 0.2) is 76.3 Å². The Balaban J connectivity index is 0.000000912. The van der Waals surface area contributed by atoms with Gasteiger partial charge in [-0.25, -0.2) is 18.4 Å². The van der Waals surface area contributed by atoms with Crippen LogP contribution in [0.1, 0.15) is 49.2 Å². The minimum atomic E-state index is -5.38. The van der Waals surface area contributed by atoms with E-state index in [1.807, 2.05) is 28.2 Å². The first-order valence-corrected chi connectivity index (χ1v) is 18.3. The number of hydrogen-bond acceptors (Lipinski definition) is 8. The number of carbonyl (C=O) groups excluding carboxylic acids is 1. The van der Waals surface area contributed by atoms with Gasteiger partial charge in [0.1, 0.15) is 11.4 Å². The standard InChI is InChI=1S/C33H35F2N3O8S.C5H13N3/c1-20-12-10-16-25(34)24(20)18-36-21(2)28(23-15-11-17-27(45-6)29(23)35)30(39)37(31(36)40)19-26(22-13-8-7-9-14-22)38(47(42,43)44)32(41)46-33(3,4)5;1-7(2)5(6)8(3)4/h7-17,26H,18-19H2,1-6H3,(H,42,43,44);6H,1-4H3/t26-;/m0./s1. The lowest BCUT2D eigenvalue weighted by Gasteiger charge is -2.31. The van der Waals surface area contributed by atoms with E-state index in [2.05, 4.69) is 0 Å². The fraction of sp³-hybridized carbons (Fsp3) is 0.368. The van der Waals surface area contributed by atoms with Crippen molar-refractivity contribution >= 4 is 22.4 Å². The maximum atomic E-state index is 15.7. The third-order valence-electron chi connectivity index (χ3n) is 8.30. The number of aryl methyl sites for hydroxylation is 1. The van der Waals surface area contributed by atoms with Gasteiger partial charge in [-0.2, -0.15) is 12.7 Å². The van der Waals surface area contributed by atoms with E-state index < -0.39 is 57.5 Å². The molecule has 1 atom stereocenters. The van der Waals surface area contributed by atoms with Gasteiger partial charge in [-0.15, -0.1) is 0 Å². The Kier molecular flexibility index (Phi) is 14.1. The third kappa shape index (κ3) is 10.6. The highest BCUT2D eigenvalue weighted by Crippen LogP contribution is 2.31. The van der Waals surface area contributed by atoms with Crippen LogP contribution in [0.2, 0.25) is 0 Å². The molecule has 0 spiro atoms. The molecule has 0 saturated heterocycles. The molecule has 1 aromatic heterocycles. The van der Waals surface area contributed by atoms with Gasteiger partial charge in [0.2, 0.25) is 0 Å². The lowest BCUT2D eigenvalue weighted by Crippen LogP contribution is -2.48. The van der Waals surface area contributed by atoms with E-state index in [0.29, 0.717) is 16.1 Å². The van der Waals surface area contributed by atoms with Crippen LogP contribution in [-0.4, -0.2) is 89.2 Å². The molecule has 298 valence electrons. The van der Waals surface area contributed by atoms with Gasteiger partial charge in [-0.05, 0) is 57.9 Å². The Morgan fingerprint density at radius 1 is 0.909 bits per heavy atom. The second kappa shape index (κ2) is 17.7. The first kappa shape index (κ1) is 43.9. The van der Waals surface area contributed by atoms with Crippen molar-refractivity contribution in [3.05, 3.63) is 122 Å². The van der Waals surface area contributed by atoms with E-state index in [-0.39, 0.29) is 44.5 Å². The first-order chi connectivity index (χ1) is 25.5. The number of aromatic nitrogens is 2. The maximum Gasteiger partial charge on any atom is 0.426 e. The summed E-state index contributed by atoms with van der Waals surface area (Å²) in [5, 5.41) is 7.25. The van der Waals surface area contributed by atoms with E-state index >= 15 is 8.78 Å². The minimum absolute atomic E-state index is 0.0129. The molecule has 14 nitrogen and oxygen atoms in total. The molecule has 0 radical (unpaired) electrons. The number of halogens is 2. The quantitative estimate of drug-likeness (QED) is 0.126. The Morgan fingerprint density at radius 3 is 1.98 bits per heavy atom. The van der Waals surface area contributed by atoms with Crippen molar-refractivity contribution < 1.29 is 36.0 Å². The summed E-state index contributed by atoms with van der Waals surface area (Å²) in [7, 11) is 3.26. The molecule has 1 amide bonds. The molecule has 0 aliphatic carbocycles. The maximum absolute atomic E-state index is 15.7. The molecule has 0 fully saturated rings. The lowest BCUT2D eigenvalue weighted by molar-refractivity contribution is 0.0308. The molecule has 0 aliphatic rings. The van der Waals surface area contributed by atoms with Crippen molar-refractivity contribution in [3.8, 4) is 16.9 Å². The minimum Gasteiger partial charge on any atom is -0.494 e. The monoisotopic (exact) mass is 786 g/mol. The van der Waals surface area contributed by atoms with Gasteiger partial charge in [0.15, 0.2) is 17.5 Å². The van der Waals surface area contributed by atoms with Crippen LogP contribution >= 0.6 is 0 Å². The second-order valence-corrected chi connectivity index (χ2v) is 15.2. The third-order valence-corrected chi connectivity index (χ3v) is 9.20. The van der Waals surface area contributed by atoms with Crippen LogP contribution in [0.25, 0.3) is 11.1 Å². The highest BCUT2D eigenvalue weighted by atomic mass is 32.2. The fourth-order valence-corrected chi connectivity index (χ4v) is 6.33. The average molecular weight is 787 g/mol. The molecular formula is C38H48F2N6O8S. The van der Waals surface area contributed by atoms with E-state index in [9.17, 15) is 27.4 Å². The van der Waals surface area contributed by atoms with Crippen LogP contribution in [0, 0.1) is 30.9 Å². The second-order valence-electron chi connectivity index (χ2n) is 13.9. The topological polar surface area (TPSA) is 167 Å². The van der Waals surface area contributed by atoms with Crippen molar-refractivity contribution in [3.63, 3.8) is 0 Å². The number of nitrogens with one attached hydrogen (secondary N) is 1. The number of rotatable bonds is 9. The Hall–Kier alpha value is -5.55. The number of methoxy groups -OCH3 is 1. The zero-order valence-electron chi connectivity index (χ0n) is 32.5. The van der Waals surface area contributed by atoms with Crippen molar-refractivity contribution in [2.75, 3.05) is 35.3 Å². The predicted molar refractivity (Wildman–Crippen MR) is 206 cm³/mol. The number of nitrogens with zero attached hydrogens (tertiary/aromatic N) is 5. The van der Waals surface area contributed by atoms with E-state index in [0.717, 1.165) is 4.57 Å². The number of hydrogen-bond donors (Lipinski definition) is 2. The van der Waals surface area contributed by atoms with Crippen LogP contribution in [0.4, 0.5) is 13.6 Å². The summed E-state index contributed by atoms with van der Waals surface area (Å²) in [6.07, 6.45) is -1.48. The Bertz CT molecular complexity index is 2220. The predicted octanol–water partition coefficient (Wildman–Crippen LogP) is 5.45. The van der Waals surface area contributed by atoms with Gasteiger partial charge in [0.25, 0.3) is 5.56 Å². The summed E-state index contributed by atoms with van der Waals surface area (Å²) in [5.74, 6) is -1.22. The molecule has 4 aromatic rings. The molecule has 55 heavy (non-hydrogen) atoms. The summed E-state index contributed by atoms with van der Waals surface area (Å²) in [4.78, 5) is 45.3. The van der Waals surface area contributed by atoms with Gasteiger partial charge < -0.3 is 19.3 Å². The van der Waals surface area contributed by atoms with E-state index in [4.69, 9.17) is 14.9 Å². The summed E-state index contributed by atoms with van der Waals surface area (Å²) in [6.45, 7) is 6.25. The zero-order valence-corrected chi connectivity index (χ0v) is 33.4. The number of guanidine groups is 1. The summed E-state index contributed by atoms with van der Waals surface area (Å²) >= 11 is 0. The largest absolute Gasteiger partial charge is 0.494 e. The summed E-state index contributed by atoms with van der Waals surface area (Å²) < 4.78 is 78.7. The van der Waals surface area contributed by atoms with Gasteiger partial charge in [-0.3, -0.25) is 23.9 Å². The molecule has 0 saturated carbocycles. The van der Waals surface area contributed by atoms with Gasteiger partial charge in [-0.1, -0.05) is 54.6 Å². The molecule has 3 aromatic carbocycles. The molecule has 1 heterocycles. The Labute approximate surface area is 319 Å². The highest BCUT2D eigenvalue weighted by Gasteiger charge is 2.39. The lowest BCUT2D eigenvalue weighted by atomic mass is 10.0.